The second-order valence-corrected chi connectivity index (χ2v) is 5.46. The summed E-state index contributed by atoms with van der Waals surface area (Å²) in [6.07, 6.45) is 2.94. The predicted octanol–water partition coefficient (Wildman–Crippen LogP) is 1.95. The highest BCUT2D eigenvalue weighted by Gasteiger charge is 2.25. The molecule has 0 bridgehead atoms. The van der Waals surface area contributed by atoms with Crippen molar-refractivity contribution in [3.05, 3.63) is 29.3 Å². The molecule has 0 spiro atoms. The molecule has 1 fully saturated rings. The molecule has 110 valence electrons. The molecule has 0 aliphatic carbocycles. The molecule has 1 aromatic carbocycles. The Bertz CT molecular complexity index is 474. The van der Waals surface area contributed by atoms with E-state index < -0.39 is 0 Å². The third-order valence-corrected chi connectivity index (χ3v) is 4.06. The maximum absolute atomic E-state index is 12.2. The van der Waals surface area contributed by atoms with Gasteiger partial charge in [0.25, 0.3) is 0 Å². The molecule has 1 aliphatic rings. The fourth-order valence-electron chi connectivity index (χ4n) is 2.88. The molecule has 1 atom stereocenters. The quantitative estimate of drug-likeness (QED) is 0.864. The van der Waals surface area contributed by atoms with Gasteiger partial charge >= 0.3 is 0 Å². The van der Waals surface area contributed by atoms with Crippen LogP contribution < -0.4 is 5.32 Å². The molecule has 1 aliphatic heterocycles. The van der Waals surface area contributed by atoms with Crippen LogP contribution in [0, 0.1) is 6.92 Å². The molecular weight excluding hydrogens is 252 g/mol. The number of nitrogens with zero attached hydrogens (tertiary/aromatic N) is 1. The number of aryl methyl sites for hydroxylation is 2. The van der Waals surface area contributed by atoms with Gasteiger partial charge in [0.1, 0.15) is 0 Å². The summed E-state index contributed by atoms with van der Waals surface area (Å²) in [6.45, 7) is 5.50. The summed E-state index contributed by atoms with van der Waals surface area (Å²) in [5.74, 6) is 0.00866. The Kier molecular flexibility index (Phi) is 5.15. The molecule has 1 saturated heterocycles. The van der Waals surface area contributed by atoms with Gasteiger partial charge in [0.2, 0.25) is 5.91 Å². The average Bonchev–Trinajstić information content (AvgIpc) is 2.88. The second-order valence-electron chi connectivity index (χ2n) is 5.46. The zero-order valence-electron chi connectivity index (χ0n) is 12.4. The van der Waals surface area contributed by atoms with Gasteiger partial charge in [0.15, 0.2) is 0 Å². The van der Waals surface area contributed by atoms with E-state index in [2.05, 4.69) is 23.2 Å². The Morgan fingerprint density at radius 2 is 2.30 bits per heavy atom. The van der Waals surface area contributed by atoms with Gasteiger partial charge in [0, 0.05) is 11.7 Å². The molecule has 0 saturated carbocycles. The van der Waals surface area contributed by atoms with Gasteiger partial charge in [-0.15, -0.1) is 0 Å². The summed E-state index contributed by atoms with van der Waals surface area (Å²) >= 11 is 0. The topological polar surface area (TPSA) is 52.6 Å². The highest BCUT2D eigenvalue weighted by molar-refractivity contribution is 5.93. The predicted molar refractivity (Wildman–Crippen MR) is 80.9 cm³/mol. The lowest BCUT2D eigenvalue weighted by Crippen LogP contribution is -2.38. The van der Waals surface area contributed by atoms with E-state index in [-0.39, 0.29) is 18.6 Å². The van der Waals surface area contributed by atoms with E-state index in [1.165, 1.54) is 5.56 Å². The van der Waals surface area contributed by atoms with E-state index in [1.807, 2.05) is 19.1 Å². The molecule has 4 heteroatoms. The SMILES string of the molecule is CCc1cccc(C)c1NC(=O)CN1CCC[C@H]1CO. The molecule has 2 rings (SSSR count). The van der Waals surface area contributed by atoms with Crippen LogP contribution in [-0.2, 0) is 11.2 Å². The number of carbonyl (C=O) groups excluding carboxylic acids is 1. The molecule has 20 heavy (non-hydrogen) atoms. The van der Waals surface area contributed by atoms with Gasteiger partial charge in [-0.25, -0.2) is 0 Å². The molecular formula is C16H24N2O2. The van der Waals surface area contributed by atoms with Crippen molar-refractivity contribution in [2.24, 2.45) is 0 Å². The minimum Gasteiger partial charge on any atom is -0.395 e. The van der Waals surface area contributed by atoms with Crippen molar-refractivity contribution in [3.8, 4) is 0 Å². The van der Waals surface area contributed by atoms with Crippen LogP contribution in [-0.4, -0.2) is 41.7 Å². The van der Waals surface area contributed by atoms with Crippen LogP contribution >= 0.6 is 0 Å². The van der Waals surface area contributed by atoms with Crippen molar-refractivity contribution >= 4 is 11.6 Å². The molecule has 0 aromatic heterocycles. The fourth-order valence-corrected chi connectivity index (χ4v) is 2.88. The van der Waals surface area contributed by atoms with Crippen molar-refractivity contribution in [1.82, 2.24) is 4.90 Å². The van der Waals surface area contributed by atoms with Gasteiger partial charge in [0.05, 0.1) is 13.2 Å². The number of benzene rings is 1. The highest BCUT2D eigenvalue weighted by atomic mass is 16.3. The number of aliphatic hydroxyl groups is 1. The van der Waals surface area contributed by atoms with Gasteiger partial charge < -0.3 is 10.4 Å². The lowest BCUT2D eigenvalue weighted by molar-refractivity contribution is -0.117. The van der Waals surface area contributed by atoms with Crippen LogP contribution in [0.2, 0.25) is 0 Å². The standard InChI is InChI=1S/C16H24N2O2/c1-3-13-7-4-6-12(2)16(13)17-15(20)10-18-9-5-8-14(18)11-19/h4,6-7,14,19H,3,5,8-11H2,1-2H3,(H,17,20)/t14-/m0/s1. The summed E-state index contributed by atoms with van der Waals surface area (Å²) in [5.41, 5.74) is 3.20. The van der Waals surface area contributed by atoms with Crippen molar-refractivity contribution in [1.29, 1.82) is 0 Å². The molecule has 2 N–H and O–H groups in total. The first kappa shape index (κ1) is 15.0. The number of likely N-dealkylation sites (tertiary alicyclic amines) is 1. The fraction of sp³-hybridized carbons (Fsp3) is 0.562. The number of amides is 1. The van der Waals surface area contributed by atoms with Crippen LogP contribution in [0.4, 0.5) is 5.69 Å². The highest BCUT2D eigenvalue weighted by Crippen LogP contribution is 2.22. The summed E-state index contributed by atoms with van der Waals surface area (Å²) in [4.78, 5) is 14.3. The Morgan fingerprint density at radius 1 is 1.50 bits per heavy atom. The summed E-state index contributed by atoms with van der Waals surface area (Å²) in [5, 5.41) is 12.3. The normalized spacial score (nSPS) is 19.2. The Hall–Kier alpha value is -1.39. The van der Waals surface area contributed by atoms with Crippen molar-refractivity contribution in [2.75, 3.05) is 25.0 Å². The smallest absolute Gasteiger partial charge is 0.238 e. The summed E-state index contributed by atoms with van der Waals surface area (Å²) in [6, 6.07) is 6.23. The minimum absolute atomic E-state index is 0.00866. The second kappa shape index (κ2) is 6.86. The van der Waals surface area contributed by atoms with Gasteiger partial charge in [-0.1, -0.05) is 25.1 Å². The molecule has 0 radical (unpaired) electrons. The largest absolute Gasteiger partial charge is 0.395 e. The van der Waals surface area contributed by atoms with Crippen LogP contribution in [0.5, 0.6) is 0 Å². The van der Waals surface area contributed by atoms with Crippen LogP contribution in [0.15, 0.2) is 18.2 Å². The van der Waals surface area contributed by atoms with Gasteiger partial charge in [-0.2, -0.15) is 0 Å². The third kappa shape index (κ3) is 3.38. The van der Waals surface area contributed by atoms with Crippen molar-refractivity contribution < 1.29 is 9.90 Å². The molecule has 4 nitrogen and oxygen atoms in total. The minimum atomic E-state index is 0.00866. The molecule has 0 unspecified atom stereocenters. The average molecular weight is 276 g/mol. The number of hydrogen-bond acceptors (Lipinski definition) is 3. The molecule has 1 aromatic rings. The lowest BCUT2D eigenvalue weighted by atomic mass is 10.1. The lowest BCUT2D eigenvalue weighted by Gasteiger charge is -2.22. The number of aliphatic hydroxyl groups excluding tert-OH is 1. The number of para-hydroxylation sites is 1. The molecule has 1 amide bonds. The maximum atomic E-state index is 12.2. The van der Waals surface area contributed by atoms with Crippen molar-refractivity contribution in [3.63, 3.8) is 0 Å². The molecule has 1 heterocycles. The Balaban J connectivity index is 2.01. The summed E-state index contributed by atoms with van der Waals surface area (Å²) in [7, 11) is 0. The monoisotopic (exact) mass is 276 g/mol. The number of carbonyl (C=O) groups is 1. The van der Waals surface area contributed by atoms with Gasteiger partial charge in [-0.3, -0.25) is 9.69 Å². The van der Waals surface area contributed by atoms with Gasteiger partial charge in [-0.05, 0) is 43.9 Å². The van der Waals surface area contributed by atoms with Crippen LogP contribution in [0.3, 0.4) is 0 Å². The Morgan fingerprint density at radius 3 is 3.00 bits per heavy atom. The zero-order chi connectivity index (χ0) is 14.5. The number of anilines is 1. The van der Waals surface area contributed by atoms with E-state index in [1.54, 1.807) is 0 Å². The van der Waals surface area contributed by atoms with Crippen molar-refractivity contribution in [2.45, 2.75) is 39.2 Å². The van der Waals surface area contributed by atoms with Crippen LogP contribution in [0.1, 0.15) is 30.9 Å². The third-order valence-electron chi connectivity index (χ3n) is 4.06. The van der Waals surface area contributed by atoms with E-state index in [0.717, 1.165) is 37.1 Å². The number of nitrogens with one attached hydrogen (secondary N) is 1. The number of hydrogen-bond donors (Lipinski definition) is 2. The first-order chi connectivity index (χ1) is 9.65. The zero-order valence-corrected chi connectivity index (χ0v) is 12.4. The van der Waals surface area contributed by atoms with E-state index >= 15 is 0 Å². The number of rotatable bonds is 5. The van der Waals surface area contributed by atoms with E-state index in [0.29, 0.717) is 6.54 Å². The van der Waals surface area contributed by atoms with Crippen LogP contribution in [0.25, 0.3) is 0 Å². The van der Waals surface area contributed by atoms with E-state index in [9.17, 15) is 9.90 Å². The Labute approximate surface area is 120 Å². The summed E-state index contributed by atoms with van der Waals surface area (Å²) < 4.78 is 0. The van der Waals surface area contributed by atoms with E-state index in [4.69, 9.17) is 0 Å². The first-order valence-electron chi connectivity index (χ1n) is 7.39. The maximum Gasteiger partial charge on any atom is 0.238 e. The first-order valence-corrected chi connectivity index (χ1v) is 7.39.